The number of hydrogen-bond acceptors (Lipinski definition) is 4. The van der Waals surface area contributed by atoms with E-state index in [1.165, 1.54) is 0 Å². The quantitative estimate of drug-likeness (QED) is 0.628. The van der Waals surface area contributed by atoms with Crippen molar-refractivity contribution in [1.29, 1.82) is 0 Å². The minimum atomic E-state index is -0.169. The minimum Gasteiger partial charge on any atom is -0.360 e. The van der Waals surface area contributed by atoms with E-state index < -0.39 is 0 Å². The number of nitrogens with one attached hydrogen (secondary N) is 4. The van der Waals surface area contributed by atoms with Crippen LogP contribution in [0.3, 0.4) is 0 Å². The number of hydrogen-bond donors (Lipinski definition) is 4. The molecule has 0 saturated heterocycles. The molecule has 2 aromatic rings. The van der Waals surface area contributed by atoms with Gasteiger partial charge in [-0.15, -0.1) is 0 Å². The van der Waals surface area contributed by atoms with Crippen LogP contribution in [0.1, 0.15) is 11.4 Å². The van der Waals surface area contributed by atoms with E-state index in [0.29, 0.717) is 11.6 Å². The maximum atomic E-state index is 11.5. The second kappa shape index (κ2) is 4.69. The van der Waals surface area contributed by atoms with Crippen LogP contribution in [0.2, 0.25) is 0 Å². The van der Waals surface area contributed by atoms with E-state index in [4.69, 9.17) is 0 Å². The summed E-state index contributed by atoms with van der Waals surface area (Å²) in [7, 11) is 0. The molecular weight excluding hydrogens is 220 g/mol. The first-order valence-electron chi connectivity index (χ1n) is 5.21. The number of carbonyl (C=O) groups is 1. The summed E-state index contributed by atoms with van der Waals surface area (Å²) >= 11 is 0. The molecule has 1 amide bonds. The molecule has 0 aliphatic rings. The fourth-order valence-corrected chi connectivity index (χ4v) is 1.35. The highest BCUT2D eigenvalue weighted by molar-refractivity contribution is 5.92. The van der Waals surface area contributed by atoms with Crippen molar-refractivity contribution in [3.8, 4) is 0 Å². The molecule has 17 heavy (non-hydrogen) atoms. The third-order valence-electron chi connectivity index (χ3n) is 2.11. The van der Waals surface area contributed by atoms with Crippen LogP contribution in [0.25, 0.3) is 0 Å². The van der Waals surface area contributed by atoms with Crippen LogP contribution < -0.4 is 10.6 Å². The Balaban J connectivity index is 1.82. The average Bonchev–Trinajstić information content (AvgIpc) is 2.85. The summed E-state index contributed by atoms with van der Waals surface area (Å²) in [6.07, 6.45) is 0. The molecule has 2 rings (SSSR count). The van der Waals surface area contributed by atoms with Gasteiger partial charge in [0.05, 0.1) is 6.54 Å². The molecule has 0 bridgehead atoms. The molecule has 7 nitrogen and oxygen atoms in total. The lowest BCUT2D eigenvalue weighted by Gasteiger charge is -2.02. The summed E-state index contributed by atoms with van der Waals surface area (Å²) in [4.78, 5) is 11.5. The molecule has 0 fully saturated rings. The van der Waals surface area contributed by atoms with Crippen molar-refractivity contribution in [1.82, 2.24) is 20.4 Å². The zero-order valence-electron chi connectivity index (χ0n) is 9.66. The van der Waals surface area contributed by atoms with Gasteiger partial charge in [-0.1, -0.05) is 0 Å². The Morgan fingerprint density at radius 1 is 1.18 bits per heavy atom. The van der Waals surface area contributed by atoms with E-state index in [2.05, 4.69) is 31.0 Å². The zero-order chi connectivity index (χ0) is 12.3. The lowest BCUT2D eigenvalue weighted by atomic mass is 10.4. The summed E-state index contributed by atoms with van der Waals surface area (Å²) < 4.78 is 0. The number of carbonyl (C=O) groups excluding carboxylic acids is 1. The Morgan fingerprint density at radius 3 is 2.29 bits per heavy atom. The molecule has 2 aromatic heterocycles. The number of anilines is 2. The zero-order valence-corrected chi connectivity index (χ0v) is 9.66. The molecule has 2 heterocycles. The molecule has 0 saturated carbocycles. The summed E-state index contributed by atoms with van der Waals surface area (Å²) in [5.74, 6) is 1.00. The molecular formula is C10H14N6O. The van der Waals surface area contributed by atoms with Gasteiger partial charge in [0, 0.05) is 23.5 Å². The van der Waals surface area contributed by atoms with Gasteiger partial charge in [0.25, 0.3) is 0 Å². The third-order valence-corrected chi connectivity index (χ3v) is 2.11. The first kappa shape index (κ1) is 11.2. The number of aromatic amines is 2. The van der Waals surface area contributed by atoms with Gasteiger partial charge in [0.1, 0.15) is 5.82 Å². The van der Waals surface area contributed by atoms with Crippen LogP contribution >= 0.6 is 0 Å². The highest BCUT2D eigenvalue weighted by atomic mass is 16.2. The van der Waals surface area contributed by atoms with Gasteiger partial charge >= 0.3 is 0 Å². The van der Waals surface area contributed by atoms with Gasteiger partial charge in [-0.3, -0.25) is 15.0 Å². The van der Waals surface area contributed by atoms with Crippen molar-refractivity contribution >= 4 is 17.5 Å². The first-order valence-corrected chi connectivity index (χ1v) is 5.21. The Bertz CT molecular complexity index is 514. The Kier molecular flexibility index (Phi) is 3.08. The third kappa shape index (κ3) is 3.07. The molecule has 0 aliphatic heterocycles. The monoisotopic (exact) mass is 234 g/mol. The second-order valence-corrected chi connectivity index (χ2v) is 3.77. The van der Waals surface area contributed by atoms with Crippen molar-refractivity contribution in [2.45, 2.75) is 13.8 Å². The average molecular weight is 234 g/mol. The van der Waals surface area contributed by atoms with Crippen molar-refractivity contribution in [2.24, 2.45) is 0 Å². The van der Waals surface area contributed by atoms with E-state index in [1.807, 2.05) is 19.9 Å². The molecule has 0 aliphatic carbocycles. The van der Waals surface area contributed by atoms with E-state index in [0.717, 1.165) is 11.4 Å². The predicted octanol–water partition coefficient (Wildman–Crippen LogP) is 0.800. The van der Waals surface area contributed by atoms with E-state index in [9.17, 15) is 4.79 Å². The van der Waals surface area contributed by atoms with E-state index in [1.54, 1.807) is 6.07 Å². The highest BCUT2D eigenvalue weighted by Crippen LogP contribution is 2.05. The van der Waals surface area contributed by atoms with Gasteiger partial charge in [0.15, 0.2) is 5.82 Å². The second-order valence-electron chi connectivity index (χ2n) is 3.77. The minimum absolute atomic E-state index is 0.149. The van der Waals surface area contributed by atoms with Crippen LogP contribution in [0.4, 0.5) is 11.6 Å². The van der Waals surface area contributed by atoms with Gasteiger partial charge < -0.3 is 10.6 Å². The smallest absolute Gasteiger partial charge is 0.244 e. The van der Waals surface area contributed by atoms with Crippen molar-refractivity contribution in [3.05, 3.63) is 23.5 Å². The SMILES string of the molecule is Cc1cc(NCC(=O)Nc2cc(C)[nH]n2)n[nH]1. The lowest BCUT2D eigenvalue weighted by Crippen LogP contribution is -2.22. The fraction of sp³-hybridized carbons (Fsp3) is 0.300. The molecule has 4 N–H and O–H groups in total. The summed E-state index contributed by atoms with van der Waals surface area (Å²) in [5, 5.41) is 19.0. The van der Waals surface area contributed by atoms with Gasteiger partial charge in [-0.2, -0.15) is 10.2 Å². The number of aryl methyl sites for hydroxylation is 2. The molecule has 0 atom stereocenters. The lowest BCUT2D eigenvalue weighted by molar-refractivity contribution is -0.114. The Labute approximate surface area is 98.0 Å². The molecule has 0 radical (unpaired) electrons. The van der Waals surface area contributed by atoms with Gasteiger partial charge in [0.2, 0.25) is 5.91 Å². The maximum absolute atomic E-state index is 11.5. The van der Waals surface area contributed by atoms with Crippen molar-refractivity contribution in [3.63, 3.8) is 0 Å². The molecule has 0 aromatic carbocycles. The van der Waals surface area contributed by atoms with Crippen LogP contribution in [-0.2, 0) is 4.79 Å². The Hall–Kier alpha value is -2.31. The molecule has 90 valence electrons. The Morgan fingerprint density at radius 2 is 1.76 bits per heavy atom. The summed E-state index contributed by atoms with van der Waals surface area (Å²) in [6.45, 7) is 3.91. The molecule has 0 spiro atoms. The van der Waals surface area contributed by atoms with Crippen LogP contribution in [0.15, 0.2) is 12.1 Å². The van der Waals surface area contributed by atoms with Crippen molar-refractivity contribution in [2.75, 3.05) is 17.2 Å². The van der Waals surface area contributed by atoms with Crippen LogP contribution in [0, 0.1) is 13.8 Å². The highest BCUT2D eigenvalue weighted by Gasteiger charge is 2.05. The molecule has 0 unspecified atom stereocenters. The number of amides is 1. The summed E-state index contributed by atoms with van der Waals surface area (Å²) in [5.41, 5.74) is 1.84. The number of aromatic nitrogens is 4. The topological polar surface area (TPSA) is 98.5 Å². The first-order chi connectivity index (χ1) is 8.13. The largest absolute Gasteiger partial charge is 0.360 e. The van der Waals surface area contributed by atoms with Gasteiger partial charge in [-0.25, -0.2) is 0 Å². The number of nitrogens with zero attached hydrogens (tertiary/aromatic N) is 2. The van der Waals surface area contributed by atoms with Crippen molar-refractivity contribution < 1.29 is 4.79 Å². The number of rotatable bonds is 4. The van der Waals surface area contributed by atoms with E-state index >= 15 is 0 Å². The van der Waals surface area contributed by atoms with Crippen LogP contribution in [0.5, 0.6) is 0 Å². The van der Waals surface area contributed by atoms with Crippen LogP contribution in [-0.4, -0.2) is 32.8 Å². The normalized spacial score (nSPS) is 10.2. The number of H-pyrrole nitrogens is 2. The van der Waals surface area contributed by atoms with Gasteiger partial charge in [-0.05, 0) is 13.8 Å². The fourth-order valence-electron chi connectivity index (χ4n) is 1.35. The van der Waals surface area contributed by atoms with E-state index in [-0.39, 0.29) is 12.5 Å². The summed E-state index contributed by atoms with van der Waals surface area (Å²) in [6, 6.07) is 3.59. The predicted molar refractivity (Wildman–Crippen MR) is 63.8 cm³/mol. The maximum Gasteiger partial charge on any atom is 0.244 e. The molecule has 7 heteroatoms. The standard InChI is InChI=1S/C10H14N6O/c1-6-3-8(15-13-6)11-5-10(17)12-9-4-7(2)14-16-9/h3-4H,5H2,1-2H3,(H2,11,13,15)(H2,12,14,16,17).